The molecule has 100 valence electrons. The topological polar surface area (TPSA) is 36.9 Å². The molecule has 1 saturated heterocycles. The van der Waals surface area contributed by atoms with E-state index in [1.165, 1.54) is 0 Å². The lowest BCUT2D eigenvalue weighted by Crippen LogP contribution is -2.46. The third-order valence-corrected chi connectivity index (χ3v) is 3.20. The van der Waals surface area contributed by atoms with Crippen molar-refractivity contribution in [3.05, 3.63) is 35.9 Å². The third kappa shape index (κ3) is 2.72. The molecule has 0 bridgehead atoms. The largest absolute Gasteiger partial charge is 0.355 e. The summed E-state index contributed by atoms with van der Waals surface area (Å²) in [5.41, 5.74) is 0.750. The lowest BCUT2D eigenvalue weighted by Gasteiger charge is -2.40. The maximum absolute atomic E-state index is 5.78. The molecule has 0 radical (unpaired) electrons. The van der Waals surface area contributed by atoms with Gasteiger partial charge < -0.3 is 18.9 Å². The van der Waals surface area contributed by atoms with Gasteiger partial charge in [-0.2, -0.15) is 0 Å². The van der Waals surface area contributed by atoms with Crippen LogP contribution in [0.3, 0.4) is 0 Å². The van der Waals surface area contributed by atoms with Gasteiger partial charge >= 0.3 is 0 Å². The highest BCUT2D eigenvalue weighted by Crippen LogP contribution is 2.35. The van der Waals surface area contributed by atoms with Crippen LogP contribution in [0.25, 0.3) is 0 Å². The molecule has 0 spiro atoms. The summed E-state index contributed by atoms with van der Waals surface area (Å²) >= 11 is 0. The fourth-order valence-electron chi connectivity index (χ4n) is 2.23. The summed E-state index contributed by atoms with van der Waals surface area (Å²) in [7, 11) is 3.26. The molecule has 0 atom stereocenters. The molecule has 0 aromatic heterocycles. The van der Waals surface area contributed by atoms with Crippen molar-refractivity contribution in [1.82, 2.24) is 0 Å². The zero-order valence-corrected chi connectivity index (χ0v) is 11.1. The van der Waals surface area contributed by atoms with E-state index < -0.39 is 0 Å². The quantitative estimate of drug-likeness (QED) is 0.771. The number of hydrogen-bond donors (Lipinski definition) is 0. The van der Waals surface area contributed by atoms with Crippen LogP contribution >= 0.6 is 0 Å². The van der Waals surface area contributed by atoms with Gasteiger partial charge in [0.15, 0.2) is 12.6 Å². The van der Waals surface area contributed by atoms with E-state index in [0.29, 0.717) is 13.2 Å². The molecule has 0 N–H and O–H groups in total. The monoisotopic (exact) mass is 252 g/mol. The van der Waals surface area contributed by atoms with Gasteiger partial charge in [0.2, 0.25) is 0 Å². The minimum absolute atomic E-state index is 0.283. The van der Waals surface area contributed by atoms with Crippen molar-refractivity contribution in [3.63, 3.8) is 0 Å². The maximum atomic E-state index is 5.78. The van der Waals surface area contributed by atoms with Crippen LogP contribution in [0.15, 0.2) is 30.3 Å². The summed E-state index contributed by atoms with van der Waals surface area (Å²) in [4.78, 5) is 0. The average Bonchev–Trinajstić information content (AvgIpc) is 2.42. The van der Waals surface area contributed by atoms with Crippen molar-refractivity contribution in [2.75, 3.05) is 27.4 Å². The van der Waals surface area contributed by atoms with Crippen LogP contribution in [0.4, 0.5) is 0 Å². The molecule has 0 unspecified atom stereocenters. The van der Waals surface area contributed by atoms with Crippen molar-refractivity contribution in [1.29, 1.82) is 0 Å². The van der Waals surface area contributed by atoms with E-state index in [0.717, 1.165) is 5.56 Å². The SMILES string of the molecule is COC(OC)C1(C)COC(c2ccccc2)OC1. The number of benzene rings is 1. The Morgan fingerprint density at radius 3 is 2.17 bits per heavy atom. The summed E-state index contributed by atoms with van der Waals surface area (Å²) in [5, 5.41) is 0. The first-order valence-corrected chi connectivity index (χ1v) is 6.03. The number of hydrogen-bond acceptors (Lipinski definition) is 4. The average molecular weight is 252 g/mol. The van der Waals surface area contributed by atoms with Crippen LogP contribution in [0.5, 0.6) is 0 Å². The Labute approximate surface area is 108 Å². The Morgan fingerprint density at radius 1 is 1.11 bits per heavy atom. The van der Waals surface area contributed by atoms with Gasteiger partial charge in [0.1, 0.15) is 0 Å². The molecule has 4 heteroatoms. The zero-order chi connectivity index (χ0) is 13.0. The molecule has 1 aromatic carbocycles. The predicted octanol–water partition coefficient (Wildman–Crippen LogP) is 2.36. The van der Waals surface area contributed by atoms with Crippen LogP contribution in [0, 0.1) is 5.41 Å². The first kappa shape index (κ1) is 13.5. The minimum atomic E-state index is -0.325. The zero-order valence-electron chi connectivity index (χ0n) is 11.1. The molecule has 2 rings (SSSR count). The van der Waals surface area contributed by atoms with E-state index in [4.69, 9.17) is 18.9 Å². The minimum Gasteiger partial charge on any atom is -0.355 e. The van der Waals surface area contributed by atoms with Crippen molar-refractivity contribution < 1.29 is 18.9 Å². The second kappa shape index (κ2) is 5.80. The van der Waals surface area contributed by atoms with Gasteiger partial charge in [0.05, 0.1) is 18.6 Å². The highest BCUT2D eigenvalue weighted by molar-refractivity contribution is 5.16. The summed E-state index contributed by atoms with van der Waals surface area (Å²) in [5.74, 6) is 0. The molecule has 1 aliphatic rings. The van der Waals surface area contributed by atoms with Crippen molar-refractivity contribution >= 4 is 0 Å². The molecule has 4 nitrogen and oxygen atoms in total. The Kier molecular flexibility index (Phi) is 4.35. The Hall–Kier alpha value is -0.940. The van der Waals surface area contributed by atoms with E-state index >= 15 is 0 Å². The van der Waals surface area contributed by atoms with E-state index in [-0.39, 0.29) is 18.0 Å². The molecule has 1 aliphatic heterocycles. The fraction of sp³-hybridized carbons (Fsp3) is 0.571. The van der Waals surface area contributed by atoms with Crippen LogP contribution in [-0.4, -0.2) is 33.7 Å². The first-order valence-electron chi connectivity index (χ1n) is 6.03. The Bertz CT molecular complexity index is 353. The van der Waals surface area contributed by atoms with Gasteiger partial charge in [0, 0.05) is 19.8 Å². The molecule has 1 heterocycles. The third-order valence-electron chi connectivity index (χ3n) is 3.20. The smallest absolute Gasteiger partial charge is 0.183 e. The summed E-state index contributed by atoms with van der Waals surface area (Å²) in [6, 6.07) is 9.92. The summed E-state index contributed by atoms with van der Waals surface area (Å²) < 4.78 is 22.2. The van der Waals surface area contributed by atoms with Crippen LogP contribution in [-0.2, 0) is 18.9 Å². The van der Waals surface area contributed by atoms with Crippen molar-refractivity contribution in [3.8, 4) is 0 Å². The molecule has 0 aliphatic carbocycles. The van der Waals surface area contributed by atoms with E-state index in [1.54, 1.807) is 14.2 Å². The molecule has 1 aromatic rings. The number of rotatable bonds is 4. The van der Waals surface area contributed by atoms with Crippen molar-refractivity contribution in [2.24, 2.45) is 5.41 Å². The van der Waals surface area contributed by atoms with Crippen molar-refractivity contribution in [2.45, 2.75) is 19.5 Å². The molecule has 18 heavy (non-hydrogen) atoms. The van der Waals surface area contributed by atoms with Crippen LogP contribution in [0.2, 0.25) is 0 Å². The van der Waals surface area contributed by atoms with Gasteiger partial charge in [-0.05, 0) is 0 Å². The molecule has 0 saturated carbocycles. The number of ether oxygens (including phenoxy) is 4. The fourth-order valence-corrected chi connectivity index (χ4v) is 2.23. The molecule has 0 amide bonds. The first-order chi connectivity index (χ1) is 8.69. The van der Waals surface area contributed by atoms with Crippen LogP contribution < -0.4 is 0 Å². The number of methoxy groups -OCH3 is 2. The molecular weight excluding hydrogens is 232 g/mol. The lowest BCUT2D eigenvalue weighted by molar-refractivity contribution is -0.288. The molecule has 1 fully saturated rings. The second-order valence-corrected chi connectivity index (χ2v) is 4.82. The van der Waals surface area contributed by atoms with Gasteiger partial charge in [-0.25, -0.2) is 0 Å². The Balaban J connectivity index is 1.99. The normalized spacial score (nSPS) is 28.6. The summed E-state index contributed by atoms with van der Waals surface area (Å²) in [6.07, 6.45) is -0.622. The van der Waals surface area contributed by atoms with Gasteiger partial charge in [-0.15, -0.1) is 0 Å². The van der Waals surface area contributed by atoms with E-state index in [2.05, 4.69) is 0 Å². The molecular formula is C14H20O4. The van der Waals surface area contributed by atoms with Crippen LogP contribution in [0.1, 0.15) is 18.8 Å². The second-order valence-electron chi connectivity index (χ2n) is 4.82. The predicted molar refractivity (Wildman–Crippen MR) is 67.0 cm³/mol. The van der Waals surface area contributed by atoms with Gasteiger partial charge in [-0.3, -0.25) is 0 Å². The highest BCUT2D eigenvalue weighted by Gasteiger charge is 2.40. The van der Waals surface area contributed by atoms with Gasteiger partial charge in [0.25, 0.3) is 0 Å². The van der Waals surface area contributed by atoms with E-state index in [1.807, 2.05) is 37.3 Å². The highest BCUT2D eigenvalue weighted by atomic mass is 16.7. The maximum Gasteiger partial charge on any atom is 0.183 e. The van der Waals surface area contributed by atoms with E-state index in [9.17, 15) is 0 Å². The Morgan fingerprint density at radius 2 is 1.67 bits per heavy atom. The standard InChI is InChI=1S/C14H20O4/c1-14(13(15-2)16-3)9-17-12(18-10-14)11-7-5-4-6-8-11/h4-8,12-13H,9-10H2,1-3H3. The van der Waals surface area contributed by atoms with Gasteiger partial charge in [-0.1, -0.05) is 37.3 Å². The lowest BCUT2D eigenvalue weighted by atomic mass is 9.91. The summed E-state index contributed by atoms with van der Waals surface area (Å²) in [6.45, 7) is 3.11.